The summed E-state index contributed by atoms with van der Waals surface area (Å²) in [5.41, 5.74) is 1.63. The Morgan fingerprint density at radius 3 is 2.37 bits per heavy atom. The number of carbonyl (C=O) groups is 3. The van der Waals surface area contributed by atoms with Crippen LogP contribution in [0.15, 0.2) is 54.9 Å². The Morgan fingerprint density at radius 1 is 1.00 bits per heavy atom. The third-order valence-electron chi connectivity index (χ3n) is 6.04. The number of rotatable bonds is 4. The minimum absolute atomic E-state index is 0.0135. The number of likely N-dealkylation sites (tertiary alicyclic amines) is 1. The molecule has 3 heterocycles. The zero-order valence-electron chi connectivity index (χ0n) is 17.1. The highest BCUT2D eigenvalue weighted by molar-refractivity contribution is 5.94. The maximum Gasteiger partial charge on any atom is 0.255 e. The highest BCUT2D eigenvalue weighted by atomic mass is 16.2. The first-order valence-corrected chi connectivity index (χ1v) is 10.4. The third kappa shape index (κ3) is 4.06. The lowest BCUT2D eigenvalue weighted by Gasteiger charge is -2.36. The number of carbonyl (C=O) groups excluding carboxylic acids is 3. The van der Waals surface area contributed by atoms with Crippen LogP contribution in [0.5, 0.6) is 0 Å². The molecule has 2 aromatic rings. The van der Waals surface area contributed by atoms with Gasteiger partial charge in [-0.2, -0.15) is 0 Å². The fraction of sp³-hybridized carbons (Fsp3) is 0.391. The van der Waals surface area contributed by atoms with Crippen LogP contribution in [-0.4, -0.2) is 70.1 Å². The number of hydrogen-bond donors (Lipinski definition) is 0. The molecule has 2 aliphatic heterocycles. The van der Waals surface area contributed by atoms with E-state index in [0.717, 1.165) is 5.56 Å². The number of pyridine rings is 1. The molecule has 2 saturated heterocycles. The monoisotopic (exact) mass is 406 g/mol. The van der Waals surface area contributed by atoms with E-state index in [1.165, 1.54) is 0 Å². The van der Waals surface area contributed by atoms with Gasteiger partial charge < -0.3 is 14.7 Å². The van der Waals surface area contributed by atoms with Crippen molar-refractivity contribution in [3.05, 3.63) is 66.0 Å². The van der Waals surface area contributed by atoms with Crippen molar-refractivity contribution in [2.75, 3.05) is 32.7 Å². The molecule has 7 nitrogen and oxygen atoms in total. The van der Waals surface area contributed by atoms with Gasteiger partial charge >= 0.3 is 0 Å². The molecule has 2 unspecified atom stereocenters. The summed E-state index contributed by atoms with van der Waals surface area (Å²) in [6, 6.07) is 13.3. The van der Waals surface area contributed by atoms with E-state index < -0.39 is 0 Å². The molecule has 30 heavy (non-hydrogen) atoms. The van der Waals surface area contributed by atoms with Crippen molar-refractivity contribution in [1.82, 2.24) is 19.7 Å². The van der Waals surface area contributed by atoms with Crippen molar-refractivity contribution in [1.29, 1.82) is 0 Å². The Balaban J connectivity index is 1.33. The zero-order valence-corrected chi connectivity index (χ0v) is 17.1. The van der Waals surface area contributed by atoms with E-state index in [0.29, 0.717) is 38.3 Å². The van der Waals surface area contributed by atoms with Crippen molar-refractivity contribution in [3.8, 4) is 0 Å². The van der Waals surface area contributed by atoms with Gasteiger partial charge in [0.15, 0.2) is 0 Å². The van der Waals surface area contributed by atoms with Crippen molar-refractivity contribution in [2.45, 2.75) is 19.4 Å². The smallest absolute Gasteiger partial charge is 0.255 e. The number of aromatic nitrogens is 1. The lowest BCUT2D eigenvalue weighted by atomic mass is 10.1. The third-order valence-corrected chi connectivity index (χ3v) is 6.04. The molecule has 7 heteroatoms. The molecular weight excluding hydrogens is 380 g/mol. The summed E-state index contributed by atoms with van der Waals surface area (Å²) in [6.45, 7) is 4.41. The second-order valence-corrected chi connectivity index (χ2v) is 7.89. The predicted octanol–water partition coefficient (Wildman–Crippen LogP) is 1.98. The summed E-state index contributed by atoms with van der Waals surface area (Å²) < 4.78 is 0. The van der Waals surface area contributed by atoms with Crippen LogP contribution >= 0.6 is 0 Å². The van der Waals surface area contributed by atoms with Gasteiger partial charge in [-0.3, -0.25) is 19.4 Å². The van der Waals surface area contributed by atoms with Crippen LogP contribution in [0.2, 0.25) is 0 Å². The molecule has 0 bridgehead atoms. The first-order chi connectivity index (χ1) is 14.5. The van der Waals surface area contributed by atoms with Gasteiger partial charge in [0.05, 0.1) is 17.5 Å². The highest BCUT2D eigenvalue weighted by Crippen LogP contribution is 2.29. The number of hydrogen-bond acceptors (Lipinski definition) is 4. The van der Waals surface area contributed by atoms with Gasteiger partial charge in [0.1, 0.15) is 0 Å². The number of benzene rings is 1. The van der Waals surface area contributed by atoms with E-state index in [4.69, 9.17) is 0 Å². The Kier molecular flexibility index (Phi) is 5.79. The fourth-order valence-electron chi connectivity index (χ4n) is 4.24. The fourth-order valence-corrected chi connectivity index (χ4v) is 4.24. The average molecular weight is 406 g/mol. The molecule has 1 aromatic heterocycles. The summed E-state index contributed by atoms with van der Waals surface area (Å²) >= 11 is 0. The molecule has 4 rings (SSSR count). The Labute approximate surface area is 176 Å². The Morgan fingerprint density at radius 2 is 1.70 bits per heavy atom. The minimum atomic E-state index is -0.316. The maximum absolute atomic E-state index is 13.0. The van der Waals surface area contributed by atoms with E-state index in [-0.39, 0.29) is 36.1 Å². The summed E-state index contributed by atoms with van der Waals surface area (Å²) in [4.78, 5) is 47.5. The van der Waals surface area contributed by atoms with Crippen LogP contribution in [0, 0.1) is 5.92 Å². The van der Waals surface area contributed by atoms with Crippen LogP contribution in [0.4, 0.5) is 0 Å². The second kappa shape index (κ2) is 8.65. The Bertz CT molecular complexity index is 911. The molecule has 0 N–H and O–H groups in total. The molecule has 0 radical (unpaired) electrons. The molecule has 2 aliphatic rings. The maximum atomic E-state index is 13.0. The minimum Gasteiger partial charge on any atom is -0.339 e. The standard InChI is InChI=1S/C23H26N4O3/c1-17(18-6-3-2-4-7-18)27-16-20(14-21(27)28)23(30)26-12-10-25(11-13-26)22(29)19-8-5-9-24-15-19/h2-9,15,17,20H,10-14,16H2,1H3. The van der Waals surface area contributed by atoms with Crippen molar-refractivity contribution in [2.24, 2.45) is 5.92 Å². The normalized spacial score (nSPS) is 20.4. The zero-order chi connectivity index (χ0) is 21.1. The van der Waals surface area contributed by atoms with E-state index in [1.807, 2.05) is 37.3 Å². The summed E-state index contributed by atoms with van der Waals surface area (Å²) in [5.74, 6) is -0.340. The van der Waals surface area contributed by atoms with Crippen LogP contribution < -0.4 is 0 Å². The van der Waals surface area contributed by atoms with Gasteiger partial charge in [-0.15, -0.1) is 0 Å². The Hall–Kier alpha value is -3.22. The molecule has 156 valence electrons. The first-order valence-electron chi connectivity index (χ1n) is 10.4. The van der Waals surface area contributed by atoms with E-state index in [1.54, 1.807) is 39.2 Å². The lowest BCUT2D eigenvalue weighted by molar-refractivity contribution is -0.137. The van der Waals surface area contributed by atoms with Crippen LogP contribution in [0.25, 0.3) is 0 Å². The molecule has 0 spiro atoms. The molecule has 0 aliphatic carbocycles. The van der Waals surface area contributed by atoms with E-state index >= 15 is 0 Å². The first kappa shape index (κ1) is 20.1. The number of piperazine rings is 1. The van der Waals surface area contributed by atoms with Crippen molar-refractivity contribution >= 4 is 17.7 Å². The van der Waals surface area contributed by atoms with Gasteiger partial charge in [0.25, 0.3) is 5.91 Å². The van der Waals surface area contributed by atoms with E-state index in [9.17, 15) is 14.4 Å². The second-order valence-electron chi connectivity index (χ2n) is 7.89. The average Bonchev–Trinajstić information content (AvgIpc) is 3.20. The molecule has 3 amide bonds. The van der Waals surface area contributed by atoms with Gasteiger partial charge in [-0.1, -0.05) is 30.3 Å². The summed E-state index contributed by atoms with van der Waals surface area (Å²) in [5, 5.41) is 0. The van der Waals surface area contributed by atoms with Crippen LogP contribution in [0.3, 0.4) is 0 Å². The topological polar surface area (TPSA) is 73.8 Å². The van der Waals surface area contributed by atoms with Gasteiger partial charge in [0, 0.05) is 51.5 Å². The molecule has 1 aromatic carbocycles. The van der Waals surface area contributed by atoms with Crippen LogP contribution in [0.1, 0.15) is 35.3 Å². The van der Waals surface area contributed by atoms with Crippen molar-refractivity contribution in [3.63, 3.8) is 0 Å². The summed E-state index contributed by atoms with van der Waals surface area (Å²) in [7, 11) is 0. The largest absolute Gasteiger partial charge is 0.339 e. The predicted molar refractivity (Wildman–Crippen MR) is 111 cm³/mol. The van der Waals surface area contributed by atoms with Crippen molar-refractivity contribution < 1.29 is 14.4 Å². The van der Waals surface area contributed by atoms with Gasteiger partial charge in [0.2, 0.25) is 11.8 Å². The molecule has 0 saturated carbocycles. The summed E-state index contributed by atoms with van der Waals surface area (Å²) in [6.07, 6.45) is 3.45. The van der Waals surface area contributed by atoms with Gasteiger partial charge in [-0.05, 0) is 24.6 Å². The number of amides is 3. The molecule has 2 fully saturated rings. The van der Waals surface area contributed by atoms with E-state index in [2.05, 4.69) is 4.98 Å². The lowest BCUT2D eigenvalue weighted by Crippen LogP contribution is -2.52. The quantitative estimate of drug-likeness (QED) is 0.778. The molecule has 2 atom stereocenters. The SMILES string of the molecule is CC(c1ccccc1)N1CC(C(=O)N2CCN(C(=O)c3cccnc3)CC2)CC1=O. The molecular formula is C23H26N4O3. The van der Waals surface area contributed by atoms with Gasteiger partial charge in [-0.25, -0.2) is 0 Å². The van der Waals surface area contributed by atoms with Crippen LogP contribution in [-0.2, 0) is 9.59 Å². The highest BCUT2D eigenvalue weighted by Gasteiger charge is 2.39. The number of nitrogens with zero attached hydrogens (tertiary/aromatic N) is 4.